The molecular weight excluding hydrogens is 131 g/mol. The van der Waals surface area contributed by atoms with Crippen LogP contribution in [0.25, 0.3) is 0 Å². The van der Waals surface area contributed by atoms with Crippen molar-refractivity contribution in [2.45, 2.75) is 6.18 Å². The van der Waals surface area contributed by atoms with Crippen molar-refractivity contribution in [2.75, 3.05) is 0 Å². The Balaban J connectivity index is 0. The molecule has 0 bridgehead atoms. The van der Waals surface area contributed by atoms with Crippen LogP contribution < -0.4 is 0 Å². The third-order valence-corrected chi connectivity index (χ3v) is 0.417. The van der Waals surface area contributed by atoms with E-state index in [1.54, 1.807) is 0 Å². The zero-order valence-corrected chi connectivity index (χ0v) is 3.95. The molecule has 0 saturated carbocycles. The van der Waals surface area contributed by atoms with E-state index < -0.39 is 12.1 Å². The van der Waals surface area contributed by atoms with Crippen LogP contribution in [0.4, 0.5) is 13.2 Å². The van der Waals surface area contributed by atoms with Crippen LogP contribution in [0.15, 0.2) is 0 Å². The Morgan fingerprint density at radius 1 is 1.44 bits per heavy atom. The molecule has 48 valence electrons. The van der Waals surface area contributed by atoms with Crippen molar-refractivity contribution in [3.05, 3.63) is 0 Å². The molecule has 0 unspecified atom stereocenters. The van der Waals surface area contributed by atoms with Crippen LogP contribution in [0.2, 0.25) is 0 Å². The zero-order valence-electron chi connectivity index (χ0n) is 3.95. The minimum absolute atomic E-state index is 0. The van der Waals surface area contributed by atoms with Crippen LogP contribution in [0, 0.1) is 0 Å². The number of halogens is 3. The van der Waals surface area contributed by atoms with Crippen molar-refractivity contribution in [1.82, 2.24) is 0 Å². The molecule has 0 aliphatic carbocycles. The van der Waals surface area contributed by atoms with Crippen molar-refractivity contribution in [1.29, 1.82) is 0 Å². The summed E-state index contributed by atoms with van der Waals surface area (Å²) in [6.07, 6.45) is -4.85. The van der Waals surface area contributed by atoms with E-state index in [9.17, 15) is 18.0 Å². The first-order valence-electron chi connectivity index (χ1n) is 1.63. The van der Waals surface area contributed by atoms with Crippen molar-refractivity contribution < 1.29 is 22.6 Å². The monoisotopic (exact) mass is 134 g/mol. The van der Waals surface area contributed by atoms with E-state index in [0.29, 0.717) is 8.05 Å². The second kappa shape index (κ2) is 3.86. The topological polar surface area (TPSA) is 26.3 Å². The summed E-state index contributed by atoms with van der Waals surface area (Å²) in [5.74, 6) is -2.17. The first-order valence-corrected chi connectivity index (χ1v) is 1.63. The molecular formula is C2H3BF3LiO2. The quantitative estimate of drug-likeness (QED) is 0.396. The van der Waals surface area contributed by atoms with E-state index in [4.69, 9.17) is 0 Å². The first kappa shape index (κ1) is 11.7. The Morgan fingerprint density at radius 2 is 1.78 bits per heavy atom. The Kier molecular flexibility index (Phi) is 5.01. The minimum atomic E-state index is -4.85. The van der Waals surface area contributed by atoms with Gasteiger partial charge in [-0.3, -0.25) is 0 Å². The summed E-state index contributed by atoms with van der Waals surface area (Å²) in [6, 6.07) is 0. The molecule has 0 aromatic rings. The van der Waals surface area contributed by atoms with Gasteiger partial charge in [0.1, 0.15) is 0 Å². The van der Waals surface area contributed by atoms with Crippen molar-refractivity contribution in [3.8, 4) is 0 Å². The third kappa shape index (κ3) is 4.43. The van der Waals surface area contributed by atoms with Gasteiger partial charge in [-0.05, 0) is 0 Å². The number of hydrogen-bond acceptors (Lipinski definition) is 2. The van der Waals surface area contributed by atoms with Gasteiger partial charge < -0.3 is 4.65 Å². The van der Waals surface area contributed by atoms with Gasteiger partial charge in [-0.1, -0.05) is 0 Å². The summed E-state index contributed by atoms with van der Waals surface area (Å²) in [4.78, 5) is 9.49. The Hall–Kier alpha value is -0.0777. The molecule has 2 nitrogen and oxygen atoms in total. The second-order valence-corrected chi connectivity index (χ2v) is 0.989. The molecule has 0 aromatic carbocycles. The predicted molar refractivity (Wildman–Crippen MR) is 27.8 cm³/mol. The van der Waals surface area contributed by atoms with Gasteiger partial charge in [0, 0.05) is 0 Å². The van der Waals surface area contributed by atoms with E-state index in [2.05, 4.69) is 4.65 Å². The van der Waals surface area contributed by atoms with Gasteiger partial charge in [0.25, 0.3) is 0 Å². The molecule has 0 amide bonds. The number of hydrogen-bond donors (Lipinski definition) is 0. The third-order valence-electron chi connectivity index (χ3n) is 0.417. The summed E-state index contributed by atoms with van der Waals surface area (Å²) < 4.78 is 36.3. The van der Waals surface area contributed by atoms with E-state index in [1.165, 1.54) is 0 Å². The molecule has 9 heavy (non-hydrogen) atoms. The van der Waals surface area contributed by atoms with Gasteiger partial charge in [0.15, 0.2) is 0 Å². The Morgan fingerprint density at radius 3 is 1.78 bits per heavy atom. The molecule has 0 aliphatic rings. The molecule has 0 saturated heterocycles. The van der Waals surface area contributed by atoms with Crippen molar-refractivity contribution >= 4 is 32.9 Å². The zero-order chi connectivity index (χ0) is 6.78. The fourth-order valence-electron chi connectivity index (χ4n) is 0.116. The van der Waals surface area contributed by atoms with Gasteiger partial charge in [-0.15, -0.1) is 0 Å². The molecule has 0 atom stereocenters. The second-order valence-electron chi connectivity index (χ2n) is 0.989. The summed E-state index contributed by atoms with van der Waals surface area (Å²) in [6.45, 7) is 0. The van der Waals surface area contributed by atoms with Gasteiger partial charge in [0.05, 0.1) is 0 Å². The standard InChI is InChI=1S/C2H2BF3O2.Li.H/c3-8-1(7)2(4,5)6;;/h3H2;;. The first-order chi connectivity index (χ1) is 3.48. The van der Waals surface area contributed by atoms with E-state index >= 15 is 0 Å². The summed E-state index contributed by atoms with van der Waals surface area (Å²) in [5.41, 5.74) is 0. The molecule has 0 rings (SSSR count). The SMILES string of the molecule is BOC(=O)C(F)(F)F.[LiH]. The van der Waals surface area contributed by atoms with E-state index in [0.717, 1.165) is 0 Å². The van der Waals surface area contributed by atoms with Gasteiger partial charge in [-0.2, -0.15) is 13.2 Å². The van der Waals surface area contributed by atoms with Crippen molar-refractivity contribution in [2.24, 2.45) is 0 Å². The number of rotatable bonds is 0. The van der Waals surface area contributed by atoms with Gasteiger partial charge in [0.2, 0.25) is 0 Å². The Bertz CT molecular complexity index is 102. The van der Waals surface area contributed by atoms with E-state index in [1.807, 2.05) is 0 Å². The van der Waals surface area contributed by atoms with Gasteiger partial charge >= 0.3 is 39.1 Å². The molecule has 0 aromatic heterocycles. The summed E-state index contributed by atoms with van der Waals surface area (Å²) in [5, 5.41) is 0. The fourth-order valence-corrected chi connectivity index (χ4v) is 0.116. The molecule has 0 aliphatic heterocycles. The maximum atomic E-state index is 11.0. The molecule has 0 radical (unpaired) electrons. The number of carbonyl (C=O) groups is 1. The van der Waals surface area contributed by atoms with Crippen LogP contribution in [0.3, 0.4) is 0 Å². The number of alkyl halides is 3. The summed E-state index contributed by atoms with van der Waals surface area (Å²) >= 11 is 0. The predicted octanol–water partition coefficient (Wildman–Crippen LogP) is -1.01. The fraction of sp³-hybridized carbons (Fsp3) is 0.500. The van der Waals surface area contributed by atoms with E-state index in [-0.39, 0.29) is 18.9 Å². The molecule has 7 heteroatoms. The molecule has 0 heterocycles. The molecule has 0 fully saturated rings. The van der Waals surface area contributed by atoms with Crippen LogP contribution in [0.5, 0.6) is 0 Å². The van der Waals surface area contributed by atoms with Crippen LogP contribution in [-0.4, -0.2) is 39.1 Å². The average Bonchev–Trinajstić information content (AvgIpc) is 1.62. The maximum absolute atomic E-state index is 11.0. The van der Waals surface area contributed by atoms with Crippen molar-refractivity contribution in [3.63, 3.8) is 0 Å². The normalized spacial score (nSPS) is 9.67. The van der Waals surface area contributed by atoms with Gasteiger partial charge in [-0.25, -0.2) is 4.79 Å². The summed E-state index contributed by atoms with van der Waals surface area (Å²) in [7, 11) is 0.676. The molecule has 0 spiro atoms. The average molecular weight is 134 g/mol. The Labute approximate surface area is 62.4 Å². The van der Waals surface area contributed by atoms with Crippen LogP contribution in [0.1, 0.15) is 0 Å². The molecule has 0 N–H and O–H groups in total. The van der Waals surface area contributed by atoms with Crippen LogP contribution in [-0.2, 0) is 9.45 Å². The number of carbonyl (C=O) groups excluding carboxylic acids is 1. The van der Waals surface area contributed by atoms with Crippen LogP contribution >= 0.6 is 0 Å².